The summed E-state index contributed by atoms with van der Waals surface area (Å²) in [5, 5.41) is 12.8. The first kappa shape index (κ1) is 13.1. The Balaban J connectivity index is 2.25. The number of nitrogens with zero attached hydrogens (tertiary/aromatic N) is 1. The smallest absolute Gasteiger partial charge is 0.148 e. The predicted octanol–water partition coefficient (Wildman–Crippen LogP) is 1.94. The summed E-state index contributed by atoms with van der Waals surface area (Å²) in [4.78, 5) is 0. The first-order valence-corrected chi connectivity index (χ1v) is 5.94. The minimum Gasteiger partial charge on any atom is -0.388 e. The molecule has 0 aliphatic rings. The number of nitrogens with one attached hydrogen (secondary N) is 3. The molecule has 2 aromatic carbocycles. The van der Waals surface area contributed by atoms with Gasteiger partial charge in [-0.3, -0.25) is 11.3 Å². The molecule has 0 saturated carbocycles. The van der Waals surface area contributed by atoms with Gasteiger partial charge in [-0.25, -0.2) is 5.01 Å². The van der Waals surface area contributed by atoms with E-state index in [-0.39, 0.29) is 5.84 Å². The van der Waals surface area contributed by atoms with Gasteiger partial charge in [-0.1, -0.05) is 18.2 Å². The van der Waals surface area contributed by atoms with Crippen molar-refractivity contribution >= 4 is 17.2 Å². The number of para-hydroxylation sites is 1. The molecule has 0 aliphatic carbocycles. The monoisotopic (exact) mass is 255 g/mol. The molecular formula is C14H17N5. The molecule has 0 amide bonds. The van der Waals surface area contributed by atoms with Crippen LogP contribution in [0.3, 0.4) is 0 Å². The van der Waals surface area contributed by atoms with Crippen molar-refractivity contribution in [3.8, 4) is 0 Å². The van der Waals surface area contributed by atoms with Crippen LogP contribution in [0.2, 0.25) is 0 Å². The second-order valence-corrected chi connectivity index (χ2v) is 3.98. The lowest BCUT2D eigenvalue weighted by Crippen LogP contribution is -2.47. The minimum absolute atomic E-state index is 0.288. The molecule has 5 nitrogen and oxygen atoms in total. The third kappa shape index (κ3) is 2.90. The van der Waals surface area contributed by atoms with Crippen LogP contribution in [0.15, 0.2) is 54.6 Å². The molecule has 5 N–H and O–H groups in total. The van der Waals surface area contributed by atoms with Gasteiger partial charge in [0.05, 0.1) is 5.69 Å². The summed E-state index contributed by atoms with van der Waals surface area (Å²) >= 11 is 0. The Morgan fingerprint density at radius 1 is 1.05 bits per heavy atom. The van der Waals surface area contributed by atoms with E-state index in [1.165, 1.54) is 5.01 Å². The highest BCUT2D eigenvalue weighted by Crippen LogP contribution is 2.15. The Hall–Kier alpha value is -2.37. The summed E-state index contributed by atoms with van der Waals surface area (Å²) < 4.78 is 0. The fourth-order valence-corrected chi connectivity index (χ4v) is 1.77. The Bertz CT molecular complexity index is 536. The predicted molar refractivity (Wildman–Crippen MR) is 79.1 cm³/mol. The maximum absolute atomic E-state index is 8.21. The Morgan fingerprint density at radius 3 is 2.21 bits per heavy atom. The summed E-state index contributed by atoms with van der Waals surface area (Å²) in [5.74, 6) is 5.81. The number of rotatable bonds is 4. The summed E-state index contributed by atoms with van der Waals surface area (Å²) in [7, 11) is 1.86. The van der Waals surface area contributed by atoms with Gasteiger partial charge in [-0.15, -0.1) is 0 Å². The van der Waals surface area contributed by atoms with E-state index in [2.05, 4.69) is 10.9 Å². The van der Waals surface area contributed by atoms with Crippen LogP contribution in [0, 0.1) is 5.41 Å². The van der Waals surface area contributed by atoms with Gasteiger partial charge in [0.1, 0.15) is 5.84 Å². The second kappa shape index (κ2) is 5.99. The van der Waals surface area contributed by atoms with E-state index in [1.54, 1.807) is 0 Å². The van der Waals surface area contributed by atoms with Crippen LogP contribution in [0.4, 0.5) is 11.4 Å². The summed E-state index contributed by atoms with van der Waals surface area (Å²) in [5.41, 5.74) is 5.13. The number of hydrazine groups is 2. The lowest BCUT2D eigenvalue weighted by molar-refractivity contribution is 0.773. The third-order valence-electron chi connectivity index (χ3n) is 2.81. The maximum atomic E-state index is 8.21. The van der Waals surface area contributed by atoms with E-state index in [9.17, 15) is 0 Å². The van der Waals surface area contributed by atoms with Gasteiger partial charge in [0.15, 0.2) is 0 Å². The zero-order chi connectivity index (χ0) is 13.7. The standard InChI is InChI=1S/C14H17N5/c1-17-12-9-7-11(8-10-12)14(15)19(18-16)13-5-3-2-4-6-13/h2-10,15,17-18H,16H2,1H3. The van der Waals surface area contributed by atoms with Crippen LogP contribution in [-0.4, -0.2) is 12.9 Å². The molecule has 0 atom stereocenters. The highest BCUT2D eigenvalue weighted by atomic mass is 15.6. The molecule has 2 aromatic rings. The van der Waals surface area contributed by atoms with Crippen molar-refractivity contribution in [2.45, 2.75) is 0 Å². The highest BCUT2D eigenvalue weighted by Gasteiger charge is 2.12. The number of hydrogen-bond donors (Lipinski definition) is 4. The van der Waals surface area contributed by atoms with E-state index in [4.69, 9.17) is 11.3 Å². The summed E-state index contributed by atoms with van der Waals surface area (Å²) in [6.07, 6.45) is 0. The Kier molecular flexibility index (Phi) is 4.12. The van der Waals surface area contributed by atoms with Gasteiger partial charge >= 0.3 is 0 Å². The molecule has 0 fully saturated rings. The molecule has 0 radical (unpaired) electrons. The average Bonchev–Trinajstić information content (AvgIpc) is 2.49. The number of nitrogens with two attached hydrogens (primary N) is 1. The van der Waals surface area contributed by atoms with E-state index >= 15 is 0 Å². The van der Waals surface area contributed by atoms with Gasteiger partial charge in [-0.2, -0.15) is 5.53 Å². The number of amidine groups is 1. The summed E-state index contributed by atoms with van der Waals surface area (Å²) in [6, 6.07) is 17.1. The van der Waals surface area contributed by atoms with E-state index in [1.807, 2.05) is 61.6 Å². The van der Waals surface area contributed by atoms with Crippen molar-refractivity contribution in [3.63, 3.8) is 0 Å². The van der Waals surface area contributed by atoms with E-state index < -0.39 is 0 Å². The molecule has 0 heterocycles. The maximum Gasteiger partial charge on any atom is 0.148 e. The van der Waals surface area contributed by atoms with Gasteiger partial charge < -0.3 is 5.32 Å². The van der Waals surface area contributed by atoms with Crippen LogP contribution < -0.4 is 21.7 Å². The van der Waals surface area contributed by atoms with Crippen molar-refractivity contribution in [1.82, 2.24) is 5.53 Å². The molecule has 5 heteroatoms. The summed E-state index contributed by atoms with van der Waals surface area (Å²) in [6.45, 7) is 0. The van der Waals surface area contributed by atoms with E-state index in [0.29, 0.717) is 0 Å². The lowest BCUT2D eigenvalue weighted by Gasteiger charge is -2.23. The largest absolute Gasteiger partial charge is 0.388 e. The van der Waals surface area contributed by atoms with Gasteiger partial charge in [0.25, 0.3) is 0 Å². The molecule has 2 rings (SSSR count). The van der Waals surface area contributed by atoms with Crippen LogP contribution in [-0.2, 0) is 0 Å². The second-order valence-electron chi connectivity index (χ2n) is 3.98. The fraction of sp³-hybridized carbons (Fsp3) is 0.0714. The number of benzene rings is 2. The van der Waals surface area contributed by atoms with Crippen LogP contribution in [0.25, 0.3) is 0 Å². The molecule has 0 unspecified atom stereocenters. The van der Waals surface area contributed by atoms with Gasteiger partial charge in [0.2, 0.25) is 0 Å². The zero-order valence-corrected chi connectivity index (χ0v) is 10.7. The normalized spacial score (nSPS) is 10.0. The third-order valence-corrected chi connectivity index (χ3v) is 2.81. The molecular weight excluding hydrogens is 238 g/mol. The molecule has 0 bridgehead atoms. The van der Waals surface area contributed by atoms with Crippen molar-refractivity contribution in [1.29, 1.82) is 5.41 Å². The molecule has 0 aliphatic heterocycles. The SMILES string of the molecule is CNc1ccc(C(=N)N(NN)c2ccccc2)cc1. The molecule has 98 valence electrons. The van der Waals surface area contributed by atoms with E-state index in [0.717, 1.165) is 16.9 Å². The van der Waals surface area contributed by atoms with Gasteiger partial charge in [-0.05, 0) is 36.4 Å². The van der Waals surface area contributed by atoms with Crippen molar-refractivity contribution < 1.29 is 0 Å². The average molecular weight is 255 g/mol. The fourth-order valence-electron chi connectivity index (χ4n) is 1.77. The molecule has 19 heavy (non-hydrogen) atoms. The van der Waals surface area contributed by atoms with Crippen molar-refractivity contribution in [2.24, 2.45) is 5.84 Å². The molecule has 0 aromatic heterocycles. The van der Waals surface area contributed by atoms with Crippen LogP contribution >= 0.6 is 0 Å². The highest BCUT2D eigenvalue weighted by molar-refractivity contribution is 6.07. The quantitative estimate of drug-likeness (QED) is 0.291. The van der Waals surface area contributed by atoms with Crippen LogP contribution in [0.5, 0.6) is 0 Å². The van der Waals surface area contributed by atoms with Crippen molar-refractivity contribution in [2.75, 3.05) is 17.4 Å². The topological polar surface area (TPSA) is 77.2 Å². The lowest BCUT2D eigenvalue weighted by atomic mass is 10.1. The molecule has 0 saturated heterocycles. The first-order chi connectivity index (χ1) is 9.26. The Morgan fingerprint density at radius 2 is 1.68 bits per heavy atom. The van der Waals surface area contributed by atoms with Gasteiger partial charge in [0, 0.05) is 18.3 Å². The molecule has 0 spiro atoms. The number of anilines is 2. The van der Waals surface area contributed by atoms with Crippen molar-refractivity contribution in [3.05, 3.63) is 60.2 Å². The number of hydrogen-bond acceptors (Lipinski definition) is 4. The Labute approximate surface area is 112 Å². The minimum atomic E-state index is 0.288. The zero-order valence-electron chi connectivity index (χ0n) is 10.7. The van der Waals surface area contributed by atoms with Crippen LogP contribution in [0.1, 0.15) is 5.56 Å². The first-order valence-electron chi connectivity index (χ1n) is 5.94.